The highest BCUT2D eigenvalue weighted by molar-refractivity contribution is 7.93. The fourth-order valence-corrected chi connectivity index (χ4v) is 5.67. The molecule has 1 aliphatic rings. The van der Waals surface area contributed by atoms with Crippen molar-refractivity contribution in [3.8, 4) is 5.75 Å². The van der Waals surface area contributed by atoms with Gasteiger partial charge in [-0.25, -0.2) is 8.42 Å². The summed E-state index contributed by atoms with van der Waals surface area (Å²) < 4.78 is 80.3. The van der Waals surface area contributed by atoms with Crippen molar-refractivity contribution < 1.29 is 35.9 Å². The Balaban J connectivity index is 0.00000484. The summed E-state index contributed by atoms with van der Waals surface area (Å²) in [4.78, 5) is 13.9. The van der Waals surface area contributed by atoms with Gasteiger partial charge in [0.05, 0.1) is 30.2 Å². The number of esters is 1. The van der Waals surface area contributed by atoms with E-state index in [1.807, 2.05) is 4.90 Å². The predicted molar refractivity (Wildman–Crippen MR) is 169 cm³/mol. The van der Waals surface area contributed by atoms with E-state index in [4.69, 9.17) is 26.0 Å². The Hall–Kier alpha value is -3.49. The minimum absolute atomic E-state index is 0. The van der Waals surface area contributed by atoms with Gasteiger partial charge in [-0.2, -0.15) is 13.2 Å². The zero-order valence-electron chi connectivity index (χ0n) is 24.1. The molecule has 1 saturated heterocycles. The van der Waals surface area contributed by atoms with Crippen LogP contribution in [0.2, 0.25) is 0 Å². The second-order valence-electron chi connectivity index (χ2n) is 9.60. The van der Waals surface area contributed by atoms with Crippen molar-refractivity contribution in [2.45, 2.75) is 39.0 Å². The number of nitrogens with two attached hydrogens (primary N) is 1. The summed E-state index contributed by atoms with van der Waals surface area (Å²) >= 11 is 0. The Labute approximate surface area is 267 Å². The lowest BCUT2D eigenvalue weighted by atomic mass is 10.1. The van der Waals surface area contributed by atoms with Gasteiger partial charge < -0.3 is 20.1 Å². The van der Waals surface area contributed by atoms with Crippen LogP contribution in [0.3, 0.4) is 0 Å². The number of sulfonamides is 1. The number of piperidine rings is 1. The first-order valence-corrected chi connectivity index (χ1v) is 14.8. The van der Waals surface area contributed by atoms with E-state index in [9.17, 15) is 26.4 Å². The van der Waals surface area contributed by atoms with Crippen LogP contribution in [0, 0.1) is 10.8 Å². The minimum atomic E-state index is -4.86. The quantitative estimate of drug-likeness (QED) is 0.170. The zero-order chi connectivity index (χ0) is 31.1. The molecule has 3 rings (SSSR count). The Morgan fingerprint density at radius 2 is 1.80 bits per heavy atom. The molecule has 0 radical (unpaired) electrons. The first kappa shape index (κ1) is 38.5. The number of benzene rings is 2. The lowest BCUT2D eigenvalue weighted by Gasteiger charge is -2.33. The molecule has 1 heterocycles. The van der Waals surface area contributed by atoms with Crippen LogP contribution in [-0.4, -0.2) is 69.1 Å². The number of carbonyl (C=O) groups excluding carboxylic acids is 1. The van der Waals surface area contributed by atoms with Gasteiger partial charge in [0.1, 0.15) is 17.7 Å². The van der Waals surface area contributed by atoms with Crippen LogP contribution in [0.15, 0.2) is 48.5 Å². The lowest BCUT2D eigenvalue weighted by molar-refractivity contribution is -0.140. The molecule has 10 nitrogen and oxygen atoms in total. The fraction of sp³-hybridized carbons (Fsp3) is 0.393. The van der Waals surface area contributed by atoms with Crippen molar-refractivity contribution >= 4 is 64.2 Å². The number of hydrogen-bond acceptors (Lipinski definition) is 7. The highest BCUT2D eigenvalue weighted by atomic mass is 35.5. The van der Waals surface area contributed by atoms with Gasteiger partial charge in [-0.3, -0.25) is 19.9 Å². The third-order valence-electron chi connectivity index (χ3n) is 6.49. The van der Waals surface area contributed by atoms with Crippen molar-refractivity contribution in [2.24, 2.45) is 5.73 Å². The largest absolute Gasteiger partial charge is 0.490 e. The van der Waals surface area contributed by atoms with Crippen molar-refractivity contribution in [3.05, 3.63) is 65.2 Å². The van der Waals surface area contributed by atoms with Gasteiger partial charge in [0.15, 0.2) is 5.75 Å². The molecule has 0 spiro atoms. The number of halogens is 5. The number of nitrogens with one attached hydrogen (secondary N) is 2. The predicted octanol–water partition coefficient (Wildman–Crippen LogP) is 5.09. The SMILES string of the molecule is CCOC(=O)CS(=O)(=O)N(C/C=C/c1cccc(C(=N)N)c1)c1ccc(OC2CCN(C(C)=N)CC2)c(C(F)(F)F)c1.Cl.Cl. The molecule has 0 aromatic heterocycles. The number of rotatable bonds is 11. The summed E-state index contributed by atoms with van der Waals surface area (Å²) in [6.45, 7) is 3.63. The summed E-state index contributed by atoms with van der Waals surface area (Å²) in [7, 11) is -4.47. The van der Waals surface area contributed by atoms with E-state index in [0.717, 1.165) is 6.07 Å². The number of ether oxygens (including phenoxy) is 2. The number of amidine groups is 2. The minimum Gasteiger partial charge on any atom is -0.490 e. The number of nitrogens with zero attached hydrogens (tertiary/aromatic N) is 2. The molecule has 244 valence electrons. The monoisotopic (exact) mass is 681 g/mol. The highest BCUT2D eigenvalue weighted by Crippen LogP contribution is 2.40. The average molecular weight is 683 g/mol. The lowest BCUT2D eigenvalue weighted by Crippen LogP contribution is -2.40. The topological polar surface area (TPSA) is 150 Å². The van der Waals surface area contributed by atoms with Crippen molar-refractivity contribution in [1.29, 1.82) is 10.8 Å². The standard InChI is InChI=1S/C28H34F3N5O5S.2ClH/c1-3-40-26(37)18-42(38,39)36(13-5-7-20-6-4-8-21(16-20)27(33)34)22-9-10-25(24(17-22)28(29,30)31)41-23-11-14-35(15-12-23)19(2)32;;/h4-10,16-17,23,32H,3,11-15,18H2,1-2H3,(H3,33,34);2*1H/b7-5+,32-19?;;. The van der Waals surface area contributed by atoms with Crippen LogP contribution in [0.4, 0.5) is 18.9 Å². The third-order valence-corrected chi connectivity index (χ3v) is 8.12. The highest BCUT2D eigenvalue weighted by Gasteiger charge is 2.37. The van der Waals surface area contributed by atoms with Gasteiger partial charge >= 0.3 is 12.1 Å². The van der Waals surface area contributed by atoms with E-state index < -0.39 is 51.9 Å². The van der Waals surface area contributed by atoms with E-state index in [2.05, 4.69) is 0 Å². The first-order valence-electron chi connectivity index (χ1n) is 13.2. The second-order valence-corrected chi connectivity index (χ2v) is 11.5. The van der Waals surface area contributed by atoms with Crippen LogP contribution in [0.5, 0.6) is 5.75 Å². The molecular weight excluding hydrogens is 646 g/mol. The molecule has 44 heavy (non-hydrogen) atoms. The Morgan fingerprint density at radius 3 is 2.36 bits per heavy atom. The molecule has 0 atom stereocenters. The molecule has 0 saturated carbocycles. The molecule has 2 aromatic carbocycles. The van der Waals surface area contributed by atoms with E-state index in [1.165, 1.54) is 25.1 Å². The van der Waals surface area contributed by atoms with E-state index in [0.29, 0.717) is 53.3 Å². The molecule has 0 unspecified atom stereocenters. The van der Waals surface area contributed by atoms with E-state index in [-0.39, 0.29) is 42.9 Å². The van der Waals surface area contributed by atoms with Gasteiger partial charge in [-0.15, -0.1) is 24.8 Å². The average Bonchev–Trinajstić information content (AvgIpc) is 2.91. The van der Waals surface area contributed by atoms with Gasteiger partial charge in [-0.1, -0.05) is 30.4 Å². The van der Waals surface area contributed by atoms with Gasteiger partial charge in [0, 0.05) is 31.5 Å². The number of carbonyl (C=O) groups is 1. The number of anilines is 1. The zero-order valence-corrected chi connectivity index (χ0v) is 26.5. The number of alkyl halides is 3. The number of nitrogen functional groups attached to an aromatic ring is 1. The van der Waals surface area contributed by atoms with Gasteiger partial charge in [-0.05, 0) is 43.7 Å². The third kappa shape index (κ3) is 10.6. The van der Waals surface area contributed by atoms with E-state index in [1.54, 1.807) is 31.2 Å². The van der Waals surface area contributed by atoms with Crippen molar-refractivity contribution in [1.82, 2.24) is 4.90 Å². The summed E-state index contributed by atoms with van der Waals surface area (Å²) in [6.07, 6.45) is -1.58. The molecular formula is C28H36Cl2F3N5O5S. The molecule has 0 amide bonds. The molecule has 1 fully saturated rings. The van der Waals surface area contributed by atoms with Crippen LogP contribution in [0.1, 0.15) is 43.4 Å². The Morgan fingerprint density at radius 1 is 1.14 bits per heavy atom. The van der Waals surface area contributed by atoms with Crippen LogP contribution >= 0.6 is 24.8 Å². The van der Waals surface area contributed by atoms with Crippen molar-refractivity contribution in [2.75, 3.05) is 36.3 Å². The molecule has 4 N–H and O–H groups in total. The fourth-order valence-electron chi connectivity index (χ4n) is 4.39. The van der Waals surface area contributed by atoms with E-state index >= 15 is 0 Å². The van der Waals surface area contributed by atoms with Gasteiger partial charge in [0.2, 0.25) is 10.0 Å². The first-order chi connectivity index (χ1) is 19.7. The second kappa shape index (κ2) is 16.5. The molecule has 0 bridgehead atoms. The van der Waals surface area contributed by atoms with Crippen LogP contribution in [0.25, 0.3) is 6.08 Å². The van der Waals surface area contributed by atoms with Crippen LogP contribution < -0.4 is 14.8 Å². The smallest absolute Gasteiger partial charge is 0.420 e. The summed E-state index contributed by atoms with van der Waals surface area (Å²) in [5.41, 5.74) is 5.07. The van der Waals surface area contributed by atoms with Crippen molar-refractivity contribution in [3.63, 3.8) is 0 Å². The maximum Gasteiger partial charge on any atom is 0.420 e. The molecule has 1 aliphatic heterocycles. The summed E-state index contributed by atoms with van der Waals surface area (Å²) in [5.74, 6) is -2.34. The van der Waals surface area contributed by atoms with Gasteiger partial charge in [0.25, 0.3) is 0 Å². The molecule has 2 aromatic rings. The maximum atomic E-state index is 14.2. The Kier molecular flexibility index (Phi) is 14.5. The molecule has 0 aliphatic carbocycles. The van der Waals surface area contributed by atoms with Crippen LogP contribution in [-0.2, 0) is 25.7 Å². The number of likely N-dealkylation sites (tertiary alicyclic amines) is 1. The summed E-state index contributed by atoms with van der Waals surface area (Å²) in [6, 6.07) is 9.53. The maximum absolute atomic E-state index is 14.2. The Bertz CT molecular complexity index is 1450. The number of hydrogen-bond donors (Lipinski definition) is 3. The molecule has 16 heteroatoms. The summed E-state index contributed by atoms with van der Waals surface area (Å²) in [5, 5.41) is 15.3. The normalized spacial score (nSPS) is 13.9.